The van der Waals surface area contributed by atoms with Crippen molar-refractivity contribution in [1.82, 2.24) is 4.90 Å². The van der Waals surface area contributed by atoms with Crippen molar-refractivity contribution in [2.75, 3.05) is 5.32 Å². The second-order valence-corrected chi connectivity index (χ2v) is 10.9. The summed E-state index contributed by atoms with van der Waals surface area (Å²) in [5.41, 5.74) is 2.79. The van der Waals surface area contributed by atoms with Crippen LogP contribution in [0.3, 0.4) is 0 Å². The minimum Gasteiger partial charge on any atom is -0.326 e. The number of amides is 2. The number of thioether (sulfide) groups is 1. The topological polar surface area (TPSA) is 78.8 Å². The maximum Gasteiger partial charge on any atom is 0.242 e. The van der Waals surface area contributed by atoms with Gasteiger partial charge in [0.2, 0.25) is 11.8 Å². The molecule has 2 atom stereocenters. The van der Waals surface area contributed by atoms with Crippen LogP contribution in [0, 0.1) is 12.8 Å². The summed E-state index contributed by atoms with van der Waals surface area (Å²) < 4.78 is 0. The third-order valence-corrected chi connectivity index (χ3v) is 7.45. The predicted molar refractivity (Wildman–Crippen MR) is 145 cm³/mol. The van der Waals surface area contributed by atoms with Gasteiger partial charge in [0.05, 0.1) is 5.69 Å². The van der Waals surface area contributed by atoms with Gasteiger partial charge in [-0.1, -0.05) is 43.3 Å². The largest absolute Gasteiger partial charge is 0.326 e. The number of carbonyl (C=O) groups is 3. The van der Waals surface area contributed by atoms with Crippen molar-refractivity contribution >= 4 is 57.5 Å². The first-order valence-corrected chi connectivity index (χ1v) is 13.1. The normalized spacial score (nSPS) is 17.8. The highest BCUT2D eigenvalue weighted by atomic mass is 35.5. The number of hydrogen-bond acceptors (Lipinski definition) is 5. The SMILES string of the molecule is CC(=O)c1ccc(NC(=O)CC2SC(=Nc3ccc(C)c(Cl)c3)N(C(C)CCC(C)C)C2=O)cc1. The highest BCUT2D eigenvalue weighted by molar-refractivity contribution is 8.15. The zero-order valence-corrected chi connectivity index (χ0v) is 22.4. The van der Waals surface area contributed by atoms with Gasteiger partial charge in [0.15, 0.2) is 11.0 Å². The monoisotopic (exact) mass is 513 g/mol. The van der Waals surface area contributed by atoms with E-state index in [0.717, 1.165) is 18.4 Å². The summed E-state index contributed by atoms with van der Waals surface area (Å²) in [7, 11) is 0. The number of Topliss-reactive ketones (excluding diaryl/α,β-unsaturated/α-hetero) is 1. The number of carbonyl (C=O) groups excluding carboxylic acids is 3. The molecule has 8 heteroatoms. The van der Waals surface area contributed by atoms with Gasteiger partial charge in [-0.3, -0.25) is 19.3 Å². The first-order chi connectivity index (χ1) is 16.5. The molecule has 35 heavy (non-hydrogen) atoms. The smallest absolute Gasteiger partial charge is 0.242 e. The van der Waals surface area contributed by atoms with Crippen molar-refractivity contribution < 1.29 is 14.4 Å². The third kappa shape index (κ3) is 7.18. The Kier molecular flexibility index (Phi) is 9.14. The van der Waals surface area contributed by atoms with E-state index >= 15 is 0 Å². The van der Waals surface area contributed by atoms with E-state index in [4.69, 9.17) is 16.6 Å². The predicted octanol–water partition coefficient (Wildman–Crippen LogP) is 6.64. The van der Waals surface area contributed by atoms with Crippen molar-refractivity contribution in [3.63, 3.8) is 0 Å². The Morgan fingerprint density at radius 2 is 1.80 bits per heavy atom. The highest BCUT2D eigenvalue weighted by Crippen LogP contribution is 2.35. The molecule has 0 aliphatic carbocycles. The summed E-state index contributed by atoms with van der Waals surface area (Å²) >= 11 is 7.60. The Morgan fingerprint density at radius 3 is 2.40 bits per heavy atom. The Bertz CT molecular complexity index is 1130. The summed E-state index contributed by atoms with van der Waals surface area (Å²) in [6.45, 7) is 9.76. The number of nitrogens with zero attached hydrogens (tertiary/aromatic N) is 2. The number of nitrogens with one attached hydrogen (secondary N) is 1. The van der Waals surface area contributed by atoms with Crippen molar-refractivity contribution in [2.24, 2.45) is 10.9 Å². The number of amidine groups is 1. The average molecular weight is 514 g/mol. The zero-order valence-electron chi connectivity index (χ0n) is 20.8. The number of benzene rings is 2. The number of hydrogen-bond donors (Lipinski definition) is 1. The molecule has 1 aliphatic heterocycles. The Morgan fingerprint density at radius 1 is 1.11 bits per heavy atom. The van der Waals surface area contributed by atoms with Gasteiger partial charge in [0, 0.05) is 28.7 Å². The molecule has 2 amide bonds. The van der Waals surface area contributed by atoms with Gasteiger partial charge in [-0.05, 0) is 81.5 Å². The highest BCUT2D eigenvalue weighted by Gasteiger charge is 2.41. The van der Waals surface area contributed by atoms with Crippen LogP contribution in [0.15, 0.2) is 47.5 Å². The van der Waals surface area contributed by atoms with Gasteiger partial charge >= 0.3 is 0 Å². The Hall–Kier alpha value is -2.64. The van der Waals surface area contributed by atoms with Crippen LogP contribution >= 0.6 is 23.4 Å². The van der Waals surface area contributed by atoms with Crippen LogP contribution in [-0.2, 0) is 9.59 Å². The van der Waals surface area contributed by atoms with E-state index in [9.17, 15) is 14.4 Å². The fraction of sp³-hybridized carbons (Fsp3) is 0.407. The standard InChI is InChI=1S/C27H32ClN3O3S/c1-16(2)6-8-18(4)31-26(34)24(35-27(31)30-22-11-7-17(3)23(28)14-22)15-25(33)29-21-12-9-20(10-13-21)19(5)32/h7,9-14,16,18,24H,6,8,15H2,1-5H3,(H,29,33). The molecule has 1 aliphatic rings. The molecule has 0 spiro atoms. The van der Waals surface area contributed by atoms with Crippen molar-refractivity contribution in [3.8, 4) is 0 Å². The number of rotatable bonds is 9. The van der Waals surface area contributed by atoms with Crippen LogP contribution in [0.5, 0.6) is 0 Å². The molecule has 0 radical (unpaired) electrons. The zero-order chi connectivity index (χ0) is 25.7. The third-order valence-electron chi connectivity index (χ3n) is 5.90. The van der Waals surface area contributed by atoms with Gasteiger partial charge in [-0.15, -0.1) is 0 Å². The first kappa shape index (κ1) is 27.0. The first-order valence-electron chi connectivity index (χ1n) is 11.8. The van der Waals surface area contributed by atoms with Crippen LogP contribution in [-0.4, -0.2) is 39.0 Å². The van der Waals surface area contributed by atoms with Crippen molar-refractivity contribution in [1.29, 1.82) is 0 Å². The van der Waals surface area contributed by atoms with E-state index in [1.165, 1.54) is 18.7 Å². The number of halogens is 1. The molecule has 0 saturated carbocycles. The van der Waals surface area contributed by atoms with E-state index in [1.54, 1.807) is 35.2 Å². The molecule has 2 aromatic carbocycles. The number of aliphatic imine (C=N–C) groups is 1. The van der Waals surface area contributed by atoms with Crippen LogP contribution in [0.1, 0.15) is 62.9 Å². The van der Waals surface area contributed by atoms with Gasteiger partial charge in [-0.25, -0.2) is 4.99 Å². The second-order valence-electron chi connectivity index (χ2n) is 9.35. The maximum atomic E-state index is 13.4. The van der Waals surface area contributed by atoms with E-state index < -0.39 is 5.25 Å². The molecule has 186 valence electrons. The molecule has 1 fully saturated rings. The number of anilines is 1. The molecular formula is C27H32ClN3O3S. The van der Waals surface area contributed by atoms with Crippen LogP contribution in [0.25, 0.3) is 0 Å². The van der Waals surface area contributed by atoms with Gasteiger partial charge in [0.25, 0.3) is 0 Å². The molecule has 1 heterocycles. The Balaban J connectivity index is 1.78. The summed E-state index contributed by atoms with van der Waals surface area (Å²) in [5, 5.41) is 3.47. The van der Waals surface area contributed by atoms with E-state index in [1.807, 2.05) is 26.0 Å². The van der Waals surface area contributed by atoms with Gasteiger partial charge in [-0.2, -0.15) is 0 Å². The minimum absolute atomic E-state index is 0.0268. The average Bonchev–Trinajstić information content (AvgIpc) is 3.09. The van der Waals surface area contributed by atoms with Crippen LogP contribution < -0.4 is 5.32 Å². The maximum absolute atomic E-state index is 13.4. The summed E-state index contributed by atoms with van der Waals surface area (Å²) in [6.07, 6.45) is 1.86. The second kappa shape index (κ2) is 11.9. The molecular weight excluding hydrogens is 482 g/mol. The summed E-state index contributed by atoms with van der Waals surface area (Å²) in [4.78, 5) is 44.1. The van der Waals surface area contributed by atoms with E-state index in [2.05, 4.69) is 19.2 Å². The lowest BCUT2D eigenvalue weighted by atomic mass is 10.0. The van der Waals surface area contributed by atoms with E-state index in [-0.39, 0.29) is 30.1 Å². The molecule has 0 bridgehead atoms. The number of aryl methyl sites for hydroxylation is 1. The van der Waals surface area contributed by atoms with Crippen LogP contribution in [0.4, 0.5) is 11.4 Å². The van der Waals surface area contributed by atoms with E-state index in [0.29, 0.717) is 33.0 Å². The summed E-state index contributed by atoms with van der Waals surface area (Å²) in [5.74, 6) is 0.116. The quantitative estimate of drug-likeness (QED) is 0.381. The van der Waals surface area contributed by atoms with Crippen molar-refractivity contribution in [2.45, 2.75) is 65.2 Å². The number of ketones is 1. The lowest BCUT2D eigenvalue weighted by Crippen LogP contribution is -2.40. The molecule has 0 aromatic heterocycles. The van der Waals surface area contributed by atoms with Gasteiger partial charge < -0.3 is 5.32 Å². The summed E-state index contributed by atoms with van der Waals surface area (Å²) in [6, 6.07) is 12.2. The van der Waals surface area contributed by atoms with Crippen LogP contribution in [0.2, 0.25) is 5.02 Å². The minimum atomic E-state index is -0.562. The lowest BCUT2D eigenvalue weighted by molar-refractivity contribution is -0.129. The lowest BCUT2D eigenvalue weighted by Gasteiger charge is -2.25. The fourth-order valence-electron chi connectivity index (χ4n) is 3.73. The van der Waals surface area contributed by atoms with Crippen molar-refractivity contribution in [3.05, 3.63) is 58.6 Å². The molecule has 2 aromatic rings. The molecule has 1 saturated heterocycles. The molecule has 6 nitrogen and oxygen atoms in total. The molecule has 2 unspecified atom stereocenters. The Labute approximate surface area is 216 Å². The molecule has 3 rings (SSSR count). The fourth-order valence-corrected chi connectivity index (χ4v) is 5.15. The van der Waals surface area contributed by atoms with Gasteiger partial charge in [0.1, 0.15) is 5.25 Å². The molecule has 1 N–H and O–H groups in total.